The molecule has 2 N–H and O–H groups in total. The number of carboxylic acids is 1. The number of carboxylic acid groups (broad SMARTS) is 1. The van der Waals surface area contributed by atoms with Crippen LogP contribution in [0.3, 0.4) is 0 Å². The van der Waals surface area contributed by atoms with Crippen molar-refractivity contribution in [3.63, 3.8) is 0 Å². The Labute approximate surface area is 207 Å². The number of aromatic amines is 1. The molecule has 0 amide bonds. The lowest BCUT2D eigenvalue weighted by Gasteiger charge is -2.32. The van der Waals surface area contributed by atoms with E-state index in [9.17, 15) is 10.1 Å². The van der Waals surface area contributed by atoms with E-state index >= 15 is 0 Å². The number of benzene rings is 2. The zero-order chi connectivity index (χ0) is 24.4. The molecule has 1 aliphatic rings. The molecule has 0 atom stereocenters. The number of allylic oxidation sites excluding steroid dienone is 1. The maximum absolute atomic E-state index is 10.9. The number of pyridine rings is 1. The van der Waals surface area contributed by atoms with Crippen LogP contribution in [0.5, 0.6) is 0 Å². The van der Waals surface area contributed by atoms with E-state index in [4.69, 9.17) is 16.7 Å². The molecule has 2 aromatic heterocycles. The fourth-order valence-corrected chi connectivity index (χ4v) is 4.71. The number of nitrogens with one attached hydrogen (secondary N) is 1. The quantitative estimate of drug-likeness (QED) is 0.247. The number of aliphatic carboxylic acids is 1. The van der Waals surface area contributed by atoms with E-state index in [1.54, 1.807) is 12.3 Å². The van der Waals surface area contributed by atoms with Crippen molar-refractivity contribution in [3.05, 3.63) is 100.0 Å². The van der Waals surface area contributed by atoms with Crippen molar-refractivity contribution in [3.8, 4) is 6.07 Å². The van der Waals surface area contributed by atoms with Gasteiger partial charge in [-0.3, -0.25) is 10.1 Å². The summed E-state index contributed by atoms with van der Waals surface area (Å²) >= 11 is 6.71. The normalized spacial score (nSPS) is 14.5. The van der Waals surface area contributed by atoms with E-state index in [0.29, 0.717) is 22.3 Å². The van der Waals surface area contributed by atoms with Crippen molar-refractivity contribution < 1.29 is 9.90 Å². The zero-order valence-corrected chi connectivity index (χ0v) is 19.5. The Morgan fingerprint density at radius 2 is 1.94 bits per heavy atom. The molecule has 0 bridgehead atoms. The second-order valence-corrected chi connectivity index (χ2v) is 8.89. The Balaban J connectivity index is 1.77. The van der Waals surface area contributed by atoms with Crippen molar-refractivity contribution >= 4 is 45.7 Å². The molecule has 2 aromatic carbocycles. The number of nitrogens with zero attached hydrogens (tertiary/aromatic N) is 3. The Bertz CT molecular complexity index is 1520. The number of halogens is 1. The van der Waals surface area contributed by atoms with Gasteiger partial charge in [0.2, 0.25) is 0 Å². The molecular weight excluding hydrogens is 460 g/mol. The number of fused-ring (bicyclic) bond motifs is 1. The molecule has 1 saturated carbocycles. The predicted octanol–water partition coefficient (Wildman–Crippen LogP) is 6.34. The van der Waals surface area contributed by atoms with E-state index in [0.717, 1.165) is 64.1 Å². The average Bonchev–Trinajstić information content (AvgIpc) is 3.25. The molecule has 0 spiro atoms. The smallest absolute Gasteiger partial charge is 0.328 e. The van der Waals surface area contributed by atoms with Gasteiger partial charge in [-0.1, -0.05) is 48.4 Å². The highest BCUT2D eigenvalue weighted by Crippen LogP contribution is 2.46. The minimum Gasteiger partial charge on any atom is -0.478 e. The van der Waals surface area contributed by atoms with Gasteiger partial charge in [0, 0.05) is 28.2 Å². The Hall–Kier alpha value is -4.21. The van der Waals surface area contributed by atoms with Crippen LogP contribution in [-0.2, 0) is 4.79 Å². The zero-order valence-electron chi connectivity index (χ0n) is 18.7. The second kappa shape index (κ2) is 9.57. The summed E-state index contributed by atoms with van der Waals surface area (Å²) in [5, 5.41) is 26.9. The van der Waals surface area contributed by atoms with E-state index in [2.05, 4.69) is 21.3 Å². The van der Waals surface area contributed by atoms with Crippen LogP contribution >= 0.6 is 11.6 Å². The van der Waals surface area contributed by atoms with Crippen molar-refractivity contribution in [1.29, 1.82) is 5.26 Å². The maximum Gasteiger partial charge on any atom is 0.328 e. The van der Waals surface area contributed by atoms with Gasteiger partial charge in [-0.05, 0) is 71.4 Å². The van der Waals surface area contributed by atoms with E-state index < -0.39 is 5.97 Å². The molecule has 172 valence electrons. The van der Waals surface area contributed by atoms with Crippen LogP contribution in [0.4, 0.5) is 0 Å². The van der Waals surface area contributed by atoms with Crippen LogP contribution in [0, 0.1) is 17.2 Å². The molecule has 4 aromatic rings. The summed E-state index contributed by atoms with van der Waals surface area (Å²) in [6.45, 7) is 0. The Morgan fingerprint density at radius 3 is 2.60 bits per heavy atom. The van der Waals surface area contributed by atoms with E-state index in [-0.39, 0.29) is 0 Å². The summed E-state index contributed by atoms with van der Waals surface area (Å²) in [5.41, 5.74) is 6.65. The minimum atomic E-state index is -1.02. The fraction of sp³-hybridized carbons (Fsp3) is 0.143. The number of aromatic nitrogens is 3. The third-order valence-corrected chi connectivity index (χ3v) is 6.71. The van der Waals surface area contributed by atoms with Gasteiger partial charge in [-0.15, -0.1) is 0 Å². The number of nitriles is 1. The fourth-order valence-electron chi connectivity index (χ4n) is 4.48. The van der Waals surface area contributed by atoms with Crippen molar-refractivity contribution in [1.82, 2.24) is 15.2 Å². The molecular formula is C28H21ClN4O2. The monoisotopic (exact) mass is 480 g/mol. The van der Waals surface area contributed by atoms with Crippen LogP contribution in [0.1, 0.15) is 47.3 Å². The summed E-state index contributed by atoms with van der Waals surface area (Å²) in [7, 11) is 0. The van der Waals surface area contributed by atoms with Gasteiger partial charge in [-0.2, -0.15) is 10.4 Å². The molecule has 5 rings (SSSR count). The lowest BCUT2D eigenvalue weighted by atomic mass is 9.73. The predicted molar refractivity (Wildman–Crippen MR) is 136 cm³/mol. The van der Waals surface area contributed by atoms with Gasteiger partial charge in [0.1, 0.15) is 6.07 Å². The minimum absolute atomic E-state index is 0.340. The van der Waals surface area contributed by atoms with E-state index in [1.807, 2.05) is 48.5 Å². The molecule has 0 unspecified atom stereocenters. The van der Waals surface area contributed by atoms with Crippen molar-refractivity contribution in [2.24, 2.45) is 5.92 Å². The third kappa shape index (κ3) is 4.46. The summed E-state index contributed by atoms with van der Waals surface area (Å²) in [4.78, 5) is 15.4. The SMILES string of the molecule is N#Cc1n[nH]c2ccc(C(=C(c3ccccc3Cl)C3CCC3)c3ccc(C=CC(=O)O)nc3)cc12. The molecule has 35 heavy (non-hydrogen) atoms. The topological polar surface area (TPSA) is 103 Å². The highest BCUT2D eigenvalue weighted by atomic mass is 35.5. The third-order valence-electron chi connectivity index (χ3n) is 6.38. The van der Waals surface area contributed by atoms with Crippen LogP contribution < -0.4 is 0 Å². The van der Waals surface area contributed by atoms with Crippen LogP contribution in [-0.4, -0.2) is 26.3 Å². The second-order valence-electron chi connectivity index (χ2n) is 8.48. The Kier molecular flexibility index (Phi) is 6.17. The molecule has 0 radical (unpaired) electrons. The van der Waals surface area contributed by atoms with Gasteiger partial charge in [-0.25, -0.2) is 4.79 Å². The van der Waals surface area contributed by atoms with E-state index in [1.165, 1.54) is 6.08 Å². The van der Waals surface area contributed by atoms with Crippen molar-refractivity contribution in [2.75, 3.05) is 0 Å². The molecule has 1 fully saturated rings. The molecule has 1 aliphatic carbocycles. The van der Waals surface area contributed by atoms with Crippen LogP contribution in [0.15, 0.2) is 66.9 Å². The van der Waals surface area contributed by atoms with Crippen LogP contribution in [0.25, 0.3) is 28.1 Å². The number of hydrogen-bond acceptors (Lipinski definition) is 4. The lowest BCUT2D eigenvalue weighted by Crippen LogP contribution is -2.15. The summed E-state index contributed by atoms with van der Waals surface area (Å²) in [6, 6.07) is 19.7. The molecule has 0 aliphatic heterocycles. The van der Waals surface area contributed by atoms with Gasteiger partial charge in [0.05, 0.1) is 11.2 Å². The van der Waals surface area contributed by atoms with Gasteiger partial charge in [0.25, 0.3) is 0 Å². The molecule has 2 heterocycles. The number of H-pyrrole nitrogens is 1. The lowest BCUT2D eigenvalue weighted by molar-refractivity contribution is -0.131. The highest BCUT2D eigenvalue weighted by molar-refractivity contribution is 6.32. The summed E-state index contributed by atoms with van der Waals surface area (Å²) in [5.74, 6) is -0.684. The molecule has 6 nitrogen and oxygen atoms in total. The maximum atomic E-state index is 10.9. The van der Waals surface area contributed by atoms with Crippen LogP contribution in [0.2, 0.25) is 5.02 Å². The van der Waals surface area contributed by atoms with Gasteiger partial charge in [0.15, 0.2) is 5.69 Å². The number of hydrogen-bond donors (Lipinski definition) is 2. The first-order valence-corrected chi connectivity index (χ1v) is 11.7. The molecule has 7 heteroatoms. The van der Waals surface area contributed by atoms with Gasteiger partial charge >= 0.3 is 5.97 Å². The number of carbonyl (C=O) groups is 1. The first-order chi connectivity index (χ1) is 17.0. The average molecular weight is 481 g/mol. The first kappa shape index (κ1) is 22.6. The standard InChI is InChI=1S/C28H21ClN4O2/c29-23-7-2-1-6-21(23)28(17-4-3-5-17)27(19-8-10-20(31-16-19)11-13-26(34)35)18-9-12-24-22(14-18)25(15-30)33-32-24/h1-2,6-14,16-17H,3-5H2,(H,32,33)(H,34,35). The number of rotatable bonds is 6. The Morgan fingerprint density at radius 1 is 1.14 bits per heavy atom. The highest BCUT2D eigenvalue weighted by Gasteiger charge is 2.28. The summed E-state index contributed by atoms with van der Waals surface area (Å²) < 4.78 is 0. The largest absolute Gasteiger partial charge is 0.478 e. The van der Waals surface area contributed by atoms with Crippen molar-refractivity contribution in [2.45, 2.75) is 19.3 Å². The first-order valence-electron chi connectivity index (χ1n) is 11.3. The summed E-state index contributed by atoms with van der Waals surface area (Å²) in [6.07, 6.45) is 7.58. The molecule has 0 saturated heterocycles. The van der Waals surface area contributed by atoms with Gasteiger partial charge < -0.3 is 5.11 Å².